The molecule has 3 heterocycles. The second-order valence-electron chi connectivity index (χ2n) is 6.50. The predicted molar refractivity (Wildman–Crippen MR) is 99.2 cm³/mol. The number of hydrogen-bond acceptors (Lipinski definition) is 4. The van der Waals surface area contributed by atoms with Crippen LogP contribution in [0.1, 0.15) is 56.4 Å². The van der Waals surface area contributed by atoms with Crippen LogP contribution >= 0.6 is 11.3 Å². The molecule has 1 saturated heterocycles. The summed E-state index contributed by atoms with van der Waals surface area (Å²) in [5.41, 5.74) is 2.33. The number of aromatic nitrogens is 1. The van der Waals surface area contributed by atoms with Crippen LogP contribution in [0, 0.1) is 5.92 Å². The standard InChI is InChI=1S/C20H27NO2S/c1-3-5-7-15-13-22-20(23-14-15)19-11-10-18(24-19)16-8-9-17(6-4-2)21-12-16/h8-12,15,20H,3-7,13-14H2,1-2H3. The Balaban J connectivity index is 1.59. The fourth-order valence-electron chi connectivity index (χ4n) is 2.98. The maximum Gasteiger partial charge on any atom is 0.193 e. The zero-order chi connectivity index (χ0) is 16.8. The van der Waals surface area contributed by atoms with Crippen molar-refractivity contribution in [3.8, 4) is 10.4 Å². The van der Waals surface area contributed by atoms with Gasteiger partial charge in [-0.1, -0.05) is 39.2 Å². The Labute approximate surface area is 149 Å². The van der Waals surface area contributed by atoms with Crippen molar-refractivity contribution in [1.82, 2.24) is 4.98 Å². The average molecular weight is 346 g/mol. The second kappa shape index (κ2) is 8.75. The molecule has 1 aliphatic rings. The van der Waals surface area contributed by atoms with Gasteiger partial charge in [-0.05, 0) is 31.0 Å². The van der Waals surface area contributed by atoms with E-state index in [1.165, 1.54) is 29.7 Å². The zero-order valence-corrected chi connectivity index (χ0v) is 15.5. The van der Waals surface area contributed by atoms with Gasteiger partial charge < -0.3 is 9.47 Å². The molecule has 0 bridgehead atoms. The van der Waals surface area contributed by atoms with Gasteiger partial charge in [0.05, 0.1) is 18.1 Å². The van der Waals surface area contributed by atoms with Gasteiger partial charge in [0, 0.05) is 28.2 Å². The molecular formula is C20H27NO2S. The minimum Gasteiger partial charge on any atom is -0.347 e. The predicted octanol–water partition coefficient (Wildman–Crippen LogP) is 5.61. The molecule has 0 atom stereocenters. The van der Waals surface area contributed by atoms with Crippen molar-refractivity contribution in [3.05, 3.63) is 41.0 Å². The lowest BCUT2D eigenvalue weighted by Gasteiger charge is -2.28. The van der Waals surface area contributed by atoms with Crippen molar-refractivity contribution in [2.24, 2.45) is 5.92 Å². The van der Waals surface area contributed by atoms with Crippen molar-refractivity contribution in [2.75, 3.05) is 13.2 Å². The topological polar surface area (TPSA) is 31.4 Å². The fourth-order valence-corrected chi connectivity index (χ4v) is 3.97. The maximum atomic E-state index is 5.95. The minimum absolute atomic E-state index is 0.200. The van der Waals surface area contributed by atoms with Crippen molar-refractivity contribution < 1.29 is 9.47 Å². The Morgan fingerprint density at radius 3 is 2.58 bits per heavy atom. The fraction of sp³-hybridized carbons (Fsp3) is 0.550. The van der Waals surface area contributed by atoms with Crippen LogP contribution in [-0.2, 0) is 15.9 Å². The molecule has 0 radical (unpaired) electrons. The summed E-state index contributed by atoms with van der Waals surface area (Å²) in [5, 5.41) is 0. The quantitative estimate of drug-likeness (QED) is 0.653. The van der Waals surface area contributed by atoms with E-state index in [1.807, 2.05) is 6.20 Å². The van der Waals surface area contributed by atoms with Gasteiger partial charge >= 0.3 is 0 Å². The molecular weight excluding hydrogens is 318 g/mol. The van der Waals surface area contributed by atoms with Crippen LogP contribution in [0.5, 0.6) is 0 Å². The number of pyridine rings is 1. The van der Waals surface area contributed by atoms with Gasteiger partial charge in [-0.25, -0.2) is 0 Å². The third-order valence-corrected chi connectivity index (χ3v) is 5.56. The van der Waals surface area contributed by atoms with Gasteiger partial charge in [0.2, 0.25) is 0 Å². The van der Waals surface area contributed by atoms with Gasteiger partial charge in [0.25, 0.3) is 0 Å². The van der Waals surface area contributed by atoms with E-state index in [0.29, 0.717) is 5.92 Å². The first-order valence-electron chi connectivity index (χ1n) is 9.08. The summed E-state index contributed by atoms with van der Waals surface area (Å²) in [7, 11) is 0. The van der Waals surface area contributed by atoms with Gasteiger partial charge in [-0.3, -0.25) is 4.98 Å². The molecule has 4 heteroatoms. The molecule has 0 aromatic carbocycles. The molecule has 0 amide bonds. The first kappa shape index (κ1) is 17.6. The van der Waals surface area contributed by atoms with Crippen molar-refractivity contribution in [1.29, 1.82) is 0 Å². The summed E-state index contributed by atoms with van der Waals surface area (Å²) in [5.74, 6) is 0.552. The Bertz CT molecular complexity index is 615. The summed E-state index contributed by atoms with van der Waals surface area (Å²) >= 11 is 1.74. The van der Waals surface area contributed by atoms with E-state index in [4.69, 9.17) is 9.47 Å². The Hall–Kier alpha value is -1.23. The first-order valence-corrected chi connectivity index (χ1v) is 9.90. The highest BCUT2D eigenvalue weighted by Crippen LogP contribution is 2.35. The Morgan fingerprint density at radius 1 is 1.08 bits per heavy atom. The second-order valence-corrected chi connectivity index (χ2v) is 7.61. The number of unbranched alkanes of at least 4 members (excludes halogenated alkanes) is 1. The molecule has 24 heavy (non-hydrogen) atoms. The van der Waals surface area contributed by atoms with E-state index in [0.717, 1.165) is 36.6 Å². The SMILES string of the molecule is CCCCC1COC(c2ccc(-c3ccc(CCC)nc3)s2)OC1. The number of thiophene rings is 1. The summed E-state index contributed by atoms with van der Waals surface area (Å²) in [6, 6.07) is 8.56. The largest absolute Gasteiger partial charge is 0.347 e. The van der Waals surface area contributed by atoms with Crippen molar-refractivity contribution in [2.45, 2.75) is 52.2 Å². The van der Waals surface area contributed by atoms with Gasteiger partial charge in [0.15, 0.2) is 6.29 Å². The molecule has 3 rings (SSSR count). The molecule has 1 aliphatic heterocycles. The van der Waals surface area contributed by atoms with Gasteiger partial charge in [0.1, 0.15) is 0 Å². The number of aryl methyl sites for hydroxylation is 1. The normalized spacial score (nSPS) is 21.1. The van der Waals surface area contributed by atoms with E-state index >= 15 is 0 Å². The van der Waals surface area contributed by atoms with Crippen LogP contribution in [0.4, 0.5) is 0 Å². The molecule has 2 aromatic heterocycles. The maximum absolute atomic E-state index is 5.95. The van der Waals surface area contributed by atoms with Gasteiger partial charge in [-0.15, -0.1) is 11.3 Å². The van der Waals surface area contributed by atoms with Crippen LogP contribution in [0.25, 0.3) is 10.4 Å². The molecule has 3 nitrogen and oxygen atoms in total. The highest BCUT2D eigenvalue weighted by Gasteiger charge is 2.24. The van der Waals surface area contributed by atoms with Crippen LogP contribution < -0.4 is 0 Å². The van der Waals surface area contributed by atoms with E-state index in [9.17, 15) is 0 Å². The van der Waals surface area contributed by atoms with Crippen molar-refractivity contribution in [3.63, 3.8) is 0 Å². The molecule has 1 fully saturated rings. The number of hydrogen-bond donors (Lipinski definition) is 0. The smallest absolute Gasteiger partial charge is 0.193 e. The third kappa shape index (κ3) is 4.44. The van der Waals surface area contributed by atoms with Crippen LogP contribution in [0.3, 0.4) is 0 Å². The highest BCUT2D eigenvalue weighted by molar-refractivity contribution is 7.15. The summed E-state index contributed by atoms with van der Waals surface area (Å²) in [6.07, 6.45) is 7.64. The van der Waals surface area contributed by atoms with Crippen LogP contribution in [-0.4, -0.2) is 18.2 Å². The Kier molecular flexibility index (Phi) is 6.41. The first-order chi connectivity index (χ1) is 11.8. The zero-order valence-electron chi connectivity index (χ0n) is 14.7. The minimum atomic E-state index is -0.200. The number of ether oxygens (including phenoxy) is 2. The number of rotatable bonds is 7. The highest BCUT2D eigenvalue weighted by atomic mass is 32.1. The molecule has 130 valence electrons. The average Bonchev–Trinajstić information content (AvgIpc) is 3.11. The molecule has 0 unspecified atom stereocenters. The molecule has 2 aromatic rings. The van der Waals surface area contributed by atoms with E-state index < -0.39 is 0 Å². The number of nitrogens with zero attached hydrogens (tertiary/aromatic N) is 1. The summed E-state index contributed by atoms with van der Waals surface area (Å²) in [4.78, 5) is 6.92. The molecule has 0 aliphatic carbocycles. The Morgan fingerprint density at radius 2 is 1.92 bits per heavy atom. The lowest BCUT2D eigenvalue weighted by molar-refractivity contribution is -0.204. The monoisotopic (exact) mass is 345 g/mol. The van der Waals surface area contributed by atoms with E-state index in [1.54, 1.807) is 11.3 Å². The van der Waals surface area contributed by atoms with Crippen molar-refractivity contribution >= 4 is 11.3 Å². The van der Waals surface area contributed by atoms with Gasteiger partial charge in [-0.2, -0.15) is 0 Å². The lowest BCUT2D eigenvalue weighted by atomic mass is 10.0. The van der Waals surface area contributed by atoms with E-state index in [2.05, 4.69) is 43.1 Å². The lowest BCUT2D eigenvalue weighted by Crippen LogP contribution is -2.26. The van der Waals surface area contributed by atoms with Crippen LogP contribution in [0.15, 0.2) is 30.5 Å². The molecule has 0 saturated carbocycles. The molecule has 0 spiro atoms. The van der Waals surface area contributed by atoms with E-state index in [-0.39, 0.29) is 6.29 Å². The van der Waals surface area contributed by atoms with Crippen LogP contribution in [0.2, 0.25) is 0 Å². The third-order valence-electron chi connectivity index (χ3n) is 4.41. The summed E-state index contributed by atoms with van der Waals surface area (Å²) in [6.45, 7) is 6.03. The molecule has 0 N–H and O–H groups in total. The summed E-state index contributed by atoms with van der Waals surface area (Å²) < 4.78 is 11.9.